The van der Waals surface area contributed by atoms with E-state index in [4.69, 9.17) is 4.74 Å². The number of rotatable bonds is 8. The Morgan fingerprint density at radius 1 is 1.41 bits per heavy atom. The summed E-state index contributed by atoms with van der Waals surface area (Å²) in [4.78, 5) is 0. The fourth-order valence-corrected chi connectivity index (χ4v) is 2.21. The van der Waals surface area contributed by atoms with Crippen LogP contribution in [-0.2, 0) is 13.0 Å². The Balaban J connectivity index is 1.82. The van der Waals surface area contributed by atoms with Gasteiger partial charge >= 0.3 is 0 Å². The molecule has 0 fully saturated rings. The molecule has 0 aliphatic rings. The summed E-state index contributed by atoms with van der Waals surface area (Å²) in [6.45, 7) is 11.4. The number of benzene rings is 1. The van der Waals surface area contributed by atoms with Crippen molar-refractivity contribution >= 4 is 0 Å². The van der Waals surface area contributed by atoms with Crippen LogP contribution in [0.3, 0.4) is 0 Å². The number of nitrogens with zero attached hydrogens (tertiary/aromatic N) is 1. The van der Waals surface area contributed by atoms with Crippen LogP contribution < -0.4 is 10.1 Å². The van der Waals surface area contributed by atoms with E-state index in [2.05, 4.69) is 47.2 Å². The third-order valence-corrected chi connectivity index (χ3v) is 3.31. The molecule has 2 rings (SSSR count). The van der Waals surface area contributed by atoms with Crippen LogP contribution in [0, 0.1) is 6.92 Å². The van der Waals surface area contributed by atoms with Gasteiger partial charge in [-0.3, -0.25) is 5.10 Å². The first-order valence-electron chi connectivity index (χ1n) is 7.63. The van der Waals surface area contributed by atoms with E-state index in [-0.39, 0.29) is 0 Å². The van der Waals surface area contributed by atoms with Crippen molar-refractivity contribution < 1.29 is 4.74 Å². The summed E-state index contributed by atoms with van der Waals surface area (Å²) in [7, 11) is 0. The lowest BCUT2D eigenvalue weighted by atomic mass is 10.1. The molecular formula is C18H25N3O. The summed E-state index contributed by atoms with van der Waals surface area (Å²) in [6, 6.07) is 10.6. The quantitative estimate of drug-likeness (QED) is 0.735. The molecule has 0 amide bonds. The van der Waals surface area contributed by atoms with Crippen molar-refractivity contribution in [3.63, 3.8) is 0 Å². The van der Waals surface area contributed by atoms with Gasteiger partial charge in [-0.05, 0) is 50.1 Å². The second kappa shape index (κ2) is 7.80. The molecule has 2 aromatic rings. The molecule has 1 heterocycles. The maximum absolute atomic E-state index is 5.67. The van der Waals surface area contributed by atoms with Crippen molar-refractivity contribution in [2.75, 3.05) is 6.61 Å². The van der Waals surface area contributed by atoms with E-state index in [9.17, 15) is 0 Å². The molecule has 0 aliphatic heterocycles. The Hall–Kier alpha value is -2.07. The molecule has 0 radical (unpaired) electrons. The van der Waals surface area contributed by atoms with E-state index >= 15 is 0 Å². The van der Waals surface area contributed by atoms with Crippen molar-refractivity contribution in [1.29, 1.82) is 0 Å². The molecule has 0 saturated heterocycles. The lowest BCUT2D eigenvalue weighted by molar-refractivity contribution is 0.352. The molecule has 118 valence electrons. The monoisotopic (exact) mass is 299 g/mol. The Labute approximate surface area is 132 Å². The van der Waals surface area contributed by atoms with Gasteiger partial charge in [-0.25, -0.2) is 0 Å². The number of aryl methyl sites for hydroxylation is 1. The number of aromatic nitrogens is 2. The first kappa shape index (κ1) is 16.3. The number of nitrogens with one attached hydrogen (secondary N) is 2. The van der Waals surface area contributed by atoms with E-state index in [0.717, 1.165) is 35.7 Å². The topological polar surface area (TPSA) is 49.9 Å². The molecule has 1 aromatic carbocycles. The van der Waals surface area contributed by atoms with Gasteiger partial charge in [0.1, 0.15) is 12.4 Å². The van der Waals surface area contributed by atoms with Gasteiger partial charge in [-0.1, -0.05) is 18.7 Å². The van der Waals surface area contributed by atoms with Gasteiger partial charge in [0.05, 0.1) is 5.69 Å². The van der Waals surface area contributed by atoms with Crippen LogP contribution in [0.2, 0.25) is 0 Å². The predicted molar refractivity (Wildman–Crippen MR) is 90.1 cm³/mol. The van der Waals surface area contributed by atoms with Gasteiger partial charge in [-0.15, -0.1) is 0 Å². The van der Waals surface area contributed by atoms with Crippen LogP contribution in [0.25, 0.3) is 0 Å². The number of hydrogen-bond donors (Lipinski definition) is 2. The second-order valence-electron chi connectivity index (χ2n) is 5.92. The van der Waals surface area contributed by atoms with Gasteiger partial charge in [0, 0.05) is 24.7 Å². The van der Waals surface area contributed by atoms with Crippen LogP contribution in [0.1, 0.15) is 30.8 Å². The fourth-order valence-electron chi connectivity index (χ4n) is 2.21. The SMILES string of the molecule is C=C(C)COc1cccc(CN[C@@H](C)Cc2cc(C)[nH]n2)c1. The molecule has 0 aliphatic carbocycles. The van der Waals surface area contributed by atoms with Crippen molar-refractivity contribution in [1.82, 2.24) is 15.5 Å². The second-order valence-corrected chi connectivity index (χ2v) is 5.92. The number of hydrogen-bond acceptors (Lipinski definition) is 3. The standard InChI is InChI=1S/C18H25N3O/c1-13(2)12-22-18-7-5-6-16(10-18)11-19-14(3)8-17-9-15(4)20-21-17/h5-7,9-10,14,19H,1,8,11-12H2,2-4H3,(H,20,21)/t14-/m0/s1. The predicted octanol–water partition coefficient (Wildman–Crippen LogP) is 3.39. The van der Waals surface area contributed by atoms with Gasteiger partial charge in [0.25, 0.3) is 0 Å². The van der Waals surface area contributed by atoms with Crippen LogP contribution in [0.4, 0.5) is 0 Å². The van der Waals surface area contributed by atoms with E-state index in [1.165, 1.54) is 5.56 Å². The maximum Gasteiger partial charge on any atom is 0.120 e. The molecule has 22 heavy (non-hydrogen) atoms. The van der Waals surface area contributed by atoms with Crippen LogP contribution in [-0.4, -0.2) is 22.8 Å². The molecule has 2 N–H and O–H groups in total. The number of ether oxygens (including phenoxy) is 1. The molecule has 0 unspecified atom stereocenters. The smallest absolute Gasteiger partial charge is 0.120 e. The minimum Gasteiger partial charge on any atom is -0.489 e. The fraction of sp³-hybridized carbons (Fsp3) is 0.389. The molecule has 1 atom stereocenters. The van der Waals surface area contributed by atoms with Crippen molar-refractivity contribution in [3.05, 3.63) is 59.4 Å². The zero-order valence-electron chi connectivity index (χ0n) is 13.6. The van der Waals surface area contributed by atoms with Crippen molar-refractivity contribution in [3.8, 4) is 5.75 Å². The zero-order valence-corrected chi connectivity index (χ0v) is 13.6. The normalized spacial score (nSPS) is 12.1. The molecular weight excluding hydrogens is 274 g/mol. The molecule has 4 heteroatoms. The summed E-state index contributed by atoms with van der Waals surface area (Å²) in [5.41, 5.74) is 4.43. The Morgan fingerprint density at radius 3 is 2.91 bits per heavy atom. The summed E-state index contributed by atoms with van der Waals surface area (Å²) < 4.78 is 5.67. The van der Waals surface area contributed by atoms with Crippen LogP contribution in [0.15, 0.2) is 42.5 Å². The van der Waals surface area contributed by atoms with Gasteiger partial charge in [0.15, 0.2) is 0 Å². The highest BCUT2D eigenvalue weighted by atomic mass is 16.5. The van der Waals surface area contributed by atoms with Crippen molar-refractivity contribution in [2.45, 2.75) is 39.8 Å². The minimum atomic E-state index is 0.364. The van der Waals surface area contributed by atoms with E-state index < -0.39 is 0 Å². The highest BCUT2D eigenvalue weighted by Crippen LogP contribution is 2.14. The lowest BCUT2D eigenvalue weighted by Crippen LogP contribution is -2.27. The average Bonchev–Trinajstić information content (AvgIpc) is 2.88. The summed E-state index contributed by atoms with van der Waals surface area (Å²) in [5, 5.41) is 10.8. The van der Waals surface area contributed by atoms with Crippen LogP contribution in [0.5, 0.6) is 5.75 Å². The molecule has 4 nitrogen and oxygen atoms in total. The molecule has 0 bridgehead atoms. The summed E-state index contributed by atoms with van der Waals surface area (Å²) in [6.07, 6.45) is 0.913. The first-order valence-corrected chi connectivity index (χ1v) is 7.63. The minimum absolute atomic E-state index is 0.364. The Morgan fingerprint density at radius 2 is 2.23 bits per heavy atom. The molecule has 0 saturated carbocycles. The largest absolute Gasteiger partial charge is 0.489 e. The number of aromatic amines is 1. The average molecular weight is 299 g/mol. The zero-order chi connectivity index (χ0) is 15.9. The molecule has 1 aromatic heterocycles. The third kappa shape index (κ3) is 5.37. The third-order valence-electron chi connectivity index (χ3n) is 3.31. The van der Waals surface area contributed by atoms with Gasteiger partial charge < -0.3 is 10.1 Å². The summed E-state index contributed by atoms with van der Waals surface area (Å²) >= 11 is 0. The Kier molecular flexibility index (Phi) is 5.78. The maximum atomic E-state index is 5.67. The highest BCUT2D eigenvalue weighted by molar-refractivity contribution is 5.28. The van der Waals surface area contributed by atoms with Crippen molar-refractivity contribution in [2.24, 2.45) is 0 Å². The Bertz CT molecular complexity index is 618. The lowest BCUT2D eigenvalue weighted by Gasteiger charge is -2.13. The molecule has 0 spiro atoms. The summed E-state index contributed by atoms with van der Waals surface area (Å²) in [5.74, 6) is 0.887. The number of H-pyrrole nitrogens is 1. The van der Waals surface area contributed by atoms with Gasteiger partial charge in [0.2, 0.25) is 0 Å². The van der Waals surface area contributed by atoms with Gasteiger partial charge in [-0.2, -0.15) is 5.10 Å². The van der Waals surface area contributed by atoms with E-state index in [1.807, 2.05) is 26.0 Å². The van der Waals surface area contributed by atoms with E-state index in [1.54, 1.807) is 0 Å². The van der Waals surface area contributed by atoms with Crippen LogP contribution >= 0.6 is 0 Å². The first-order chi connectivity index (χ1) is 10.5. The highest BCUT2D eigenvalue weighted by Gasteiger charge is 2.06. The van der Waals surface area contributed by atoms with E-state index in [0.29, 0.717) is 12.6 Å².